The Balaban J connectivity index is 1.88. The zero-order valence-electron chi connectivity index (χ0n) is 12.1. The van der Waals surface area contributed by atoms with Gasteiger partial charge in [-0.2, -0.15) is 0 Å². The van der Waals surface area contributed by atoms with Gasteiger partial charge in [-0.3, -0.25) is 14.6 Å². The van der Waals surface area contributed by atoms with Crippen LogP contribution >= 0.6 is 0 Å². The number of nitrogens with zero attached hydrogens (tertiary/aromatic N) is 3. The second kappa shape index (κ2) is 6.50. The molecule has 0 saturated carbocycles. The summed E-state index contributed by atoms with van der Waals surface area (Å²) in [6.07, 6.45) is 2.20. The van der Waals surface area contributed by atoms with E-state index in [1.54, 1.807) is 23.2 Å². The molecule has 0 bridgehead atoms. The van der Waals surface area contributed by atoms with Gasteiger partial charge in [0.1, 0.15) is 5.69 Å². The van der Waals surface area contributed by atoms with Gasteiger partial charge in [-0.25, -0.2) is 0 Å². The number of carbonyl (C=O) groups excluding carboxylic acids is 2. The maximum atomic E-state index is 12.2. The third-order valence-corrected chi connectivity index (χ3v) is 3.39. The largest absolute Gasteiger partial charge is 0.339 e. The Morgan fingerprint density at radius 2 is 1.80 bits per heavy atom. The molecule has 0 atom stereocenters. The monoisotopic (exact) mass is 275 g/mol. The predicted molar refractivity (Wildman–Crippen MR) is 76.2 cm³/mol. The van der Waals surface area contributed by atoms with Gasteiger partial charge in [0, 0.05) is 38.8 Å². The molecule has 0 spiro atoms. The first-order valence-corrected chi connectivity index (χ1v) is 7.06. The molecule has 108 valence electrons. The van der Waals surface area contributed by atoms with Crippen LogP contribution in [0.1, 0.15) is 30.8 Å². The summed E-state index contributed by atoms with van der Waals surface area (Å²) in [5, 5.41) is 0. The van der Waals surface area contributed by atoms with E-state index in [9.17, 15) is 9.59 Å². The summed E-state index contributed by atoms with van der Waals surface area (Å²) in [7, 11) is 0. The standard InChI is InChI=1S/C15H21N3O2/c1-12(2)11-14(19)17-7-9-18(10-8-17)15(20)13-5-3-4-6-16-13/h3-6,12H,7-11H2,1-2H3. The van der Waals surface area contributed by atoms with Gasteiger partial charge < -0.3 is 9.80 Å². The van der Waals surface area contributed by atoms with Crippen LogP contribution in [0.4, 0.5) is 0 Å². The Bertz CT molecular complexity index is 465. The Morgan fingerprint density at radius 1 is 1.15 bits per heavy atom. The van der Waals surface area contributed by atoms with E-state index in [1.807, 2.05) is 24.8 Å². The number of piperazine rings is 1. The average molecular weight is 275 g/mol. The fourth-order valence-corrected chi connectivity index (χ4v) is 2.29. The van der Waals surface area contributed by atoms with Crippen LogP contribution in [-0.4, -0.2) is 52.8 Å². The first kappa shape index (κ1) is 14.5. The van der Waals surface area contributed by atoms with Crippen LogP contribution < -0.4 is 0 Å². The van der Waals surface area contributed by atoms with E-state index in [-0.39, 0.29) is 11.8 Å². The SMILES string of the molecule is CC(C)CC(=O)N1CCN(C(=O)c2ccccn2)CC1. The molecular weight excluding hydrogens is 254 g/mol. The molecule has 20 heavy (non-hydrogen) atoms. The summed E-state index contributed by atoms with van der Waals surface area (Å²) >= 11 is 0. The molecule has 1 fully saturated rings. The van der Waals surface area contributed by atoms with E-state index in [1.165, 1.54) is 0 Å². The highest BCUT2D eigenvalue weighted by molar-refractivity contribution is 5.92. The predicted octanol–water partition coefficient (Wildman–Crippen LogP) is 1.41. The third-order valence-electron chi connectivity index (χ3n) is 3.39. The number of hydrogen-bond donors (Lipinski definition) is 0. The molecule has 2 heterocycles. The fourth-order valence-electron chi connectivity index (χ4n) is 2.29. The van der Waals surface area contributed by atoms with Crippen molar-refractivity contribution < 1.29 is 9.59 Å². The van der Waals surface area contributed by atoms with Gasteiger partial charge in [-0.05, 0) is 18.1 Å². The Hall–Kier alpha value is -1.91. The molecule has 2 amide bonds. The fraction of sp³-hybridized carbons (Fsp3) is 0.533. The average Bonchev–Trinajstić information content (AvgIpc) is 2.47. The highest BCUT2D eigenvalue weighted by Crippen LogP contribution is 2.10. The number of rotatable bonds is 3. The summed E-state index contributed by atoms with van der Waals surface area (Å²) in [5.74, 6) is 0.502. The van der Waals surface area contributed by atoms with Crippen LogP contribution in [0.5, 0.6) is 0 Å². The van der Waals surface area contributed by atoms with E-state index < -0.39 is 0 Å². The Kier molecular flexibility index (Phi) is 4.71. The zero-order valence-corrected chi connectivity index (χ0v) is 12.1. The minimum Gasteiger partial charge on any atom is -0.339 e. The van der Waals surface area contributed by atoms with Crippen LogP contribution in [0.25, 0.3) is 0 Å². The summed E-state index contributed by atoms with van der Waals surface area (Å²) in [6.45, 7) is 6.48. The smallest absolute Gasteiger partial charge is 0.272 e. The lowest BCUT2D eigenvalue weighted by atomic mass is 10.1. The van der Waals surface area contributed by atoms with Crippen LogP contribution in [0.15, 0.2) is 24.4 Å². The van der Waals surface area contributed by atoms with Gasteiger partial charge in [0.2, 0.25) is 5.91 Å². The van der Waals surface area contributed by atoms with E-state index in [0.29, 0.717) is 44.2 Å². The van der Waals surface area contributed by atoms with Crippen molar-refractivity contribution in [3.8, 4) is 0 Å². The lowest BCUT2D eigenvalue weighted by molar-refractivity contribution is -0.133. The molecule has 1 aromatic heterocycles. The van der Waals surface area contributed by atoms with Crippen LogP contribution in [0.2, 0.25) is 0 Å². The van der Waals surface area contributed by atoms with Crippen LogP contribution in [0.3, 0.4) is 0 Å². The lowest BCUT2D eigenvalue weighted by Crippen LogP contribution is -2.50. The minimum atomic E-state index is -0.0541. The minimum absolute atomic E-state index is 0.0541. The molecule has 5 heteroatoms. The van der Waals surface area contributed by atoms with Crippen LogP contribution in [-0.2, 0) is 4.79 Å². The number of amides is 2. The molecule has 1 saturated heterocycles. The number of carbonyl (C=O) groups is 2. The van der Waals surface area contributed by atoms with Gasteiger partial charge in [0.15, 0.2) is 0 Å². The van der Waals surface area contributed by atoms with Crippen LogP contribution in [0, 0.1) is 5.92 Å². The highest BCUT2D eigenvalue weighted by atomic mass is 16.2. The number of pyridine rings is 1. The van der Waals surface area contributed by atoms with E-state index in [4.69, 9.17) is 0 Å². The van der Waals surface area contributed by atoms with Gasteiger partial charge in [-0.1, -0.05) is 19.9 Å². The quantitative estimate of drug-likeness (QED) is 0.838. The topological polar surface area (TPSA) is 53.5 Å². The van der Waals surface area contributed by atoms with Gasteiger partial charge >= 0.3 is 0 Å². The van der Waals surface area contributed by atoms with E-state index >= 15 is 0 Å². The van der Waals surface area contributed by atoms with Crippen molar-refractivity contribution in [3.63, 3.8) is 0 Å². The molecule has 5 nitrogen and oxygen atoms in total. The van der Waals surface area contributed by atoms with Crippen molar-refractivity contribution in [1.82, 2.24) is 14.8 Å². The molecule has 0 unspecified atom stereocenters. The first-order valence-electron chi connectivity index (χ1n) is 7.06. The summed E-state index contributed by atoms with van der Waals surface area (Å²) in [5.41, 5.74) is 0.467. The van der Waals surface area contributed by atoms with Crippen molar-refractivity contribution in [1.29, 1.82) is 0 Å². The Labute approximate surface area is 119 Å². The van der Waals surface area contributed by atoms with E-state index in [0.717, 1.165) is 0 Å². The third kappa shape index (κ3) is 3.56. The molecule has 0 aliphatic carbocycles. The molecule has 0 N–H and O–H groups in total. The normalized spacial score (nSPS) is 15.6. The maximum Gasteiger partial charge on any atom is 0.272 e. The summed E-state index contributed by atoms with van der Waals surface area (Å²) in [6, 6.07) is 5.32. The first-order chi connectivity index (χ1) is 9.58. The molecule has 2 rings (SSSR count). The van der Waals surface area contributed by atoms with Crippen molar-refractivity contribution >= 4 is 11.8 Å². The molecule has 0 aromatic carbocycles. The molecule has 1 aliphatic heterocycles. The lowest BCUT2D eigenvalue weighted by Gasteiger charge is -2.35. The number of hydrogen-bond acceptors (Lipinski definition) is 3. The number of aromatic nitrogens is 1. The highest BCUT2D eigenvalue weighted by Gasteiger charge is 2.25. The molecule has 1 aliphatic rings. The second-order valence-corrected chi connectivity index (χ2v) is 5.49. The van der Waals surface area contributed by atoms with Crippen molar-refractivity contribution in [2.45, 2.75) is 20.3 Å². The maximum absolute atomic E-state index is 12.2. The summed E-state index contributed by atoms with van der Waals surface area (Å²) < 4.78 is 0. The van der Waals surface area contributed by atoms with Crippen molar-refractivity contribution in [2.24, 2.45) is 5.92 Å². The molecular formula is C15H21N3O2. The van der Waals surface area contributed by atoms with E-state index in [2.05, 4.69) is 4.98 Å². The molecule has 1 aromatic rings. The Morgan fingerprint density at radius 3 is 2.35 bits per heavy atom. The van der Waals surface area contributed by atoms with Crippen molar-refractivity contribution in [3.05, 3.63) is 30.1 Å². The molecule has 0 radical (unpaired) electrons. The van der Waals surface area contributed by atoms with Gasteiger partial charge in [0.25, 0.3) is 5.91 Å². The van der Waals surface area contributed by atoms with Gasteiger partial charge in [0.05, 0.1) is 0 Å². The summed E-state index contributed by atoms with van der Waals surface area (Å²) in [4.78, 5) is 31.9. The van der Waals surface area contributed by atoms with Crippen molar-refractivity contribution in [2.75, 3.05) is 26.2 Å². The zero-order chi connectivity index (χ0) is 14.5. The second-order valence-electron chi connectivity index (χ2n) is 5.49. The van der Waals surface area contributed by atoms with Gasteiger partial charge in [-0.15, -0.1) is 0 Å².